The Balaban J connectivity index is 2.26. The molecule has 0 aliphatic carbocycles. The summed E-state index contributed by atoms with van der Waals surface area (Å²) in [6.45, 7) is -1.09. The zero-order valence-electron chi connectivity index (χ0n) is 13.3. The van der Waals surface area contributed by atoms with Gasteiger partial charge in [-0.05, 0) is 24.3 Å². The molecule has 0 atom stereocenters. The molecule has 9 heteroatoms. The molecule has 1 heterocycles. The second kappa shape index (κ2) is 6.88. The number of benzene rings is 2. The van der Waals surface area contributed by atoms with Gasteiger partial charge in [-0.3, -0.25) is 0 Å². The Bertz CT molecular complexity index is 1080. The molecule has 136 valence electrons. The van der Waals surface area contributed by atoms with Crippen molar-refractivity contribution in [1.82, 2.24) is 5.16 Å². The lowest BCUT2D eigenvalue weighted by Crippen LogP contribution is -2.03. The minimum Gasteiger partial charge on any atom is -0.357 e. The van der Waals surface area contributed by atoms with E-state index in [-0.39, 0.29) is 22.6 Å². The number of halogens is 4. The quantitative estimate of drug-likeness (QED) is 0.571. The van der Waals surface area contributed by atoms with Gasteiger partial charge < -0.3 is 4.52 Å². The summed E-state index contributed by atoms with van der Waals surface area (Å²) < 4.78 is 70.9. The molecule has 3 rings (SSSR count). The van der Waals surface area contributed by atoms with E-state index in [0.717, 1.165) is 10.7 Å². The van der Waals surface area contributed by atoms with Gasteiger partial charge in [-0.25, -0.2) is 21.6 Å². The molecule has 26 heavy (non-hydrogen) atoms. The molecule has 0 fully saturated rings. The highest BCUT2D eigenvalue weighted by molar-refractivity contribution is 9.10. The van der Waals surface area contributed by atoms with Crippen molar-refractivity contribution < 1.29 is 26.1 Å². The first kappa shape index (κ1) is 18.7. The van der Waals surface area contributed by atoms with Gasteiger partial charge in [0.1, 0.15) is 22.2 Å². The van der Waals surface area contributed by atoms with E-state index in [0.29, 0.717) is 17.7 Å². The number of hydrogen-bond donors (Lipinski definition) is 0. The number of rotatable bonds is 4. The predicted octanol–water partition coefficient (Wildman–Crippen LogP) is 4.92. The van der Waals surface area contributed by atoms with Crippen molar-refractivity contribution in [2.45, 2.75) is 11.6 Å². The number of alkyl halides is 1. The van der Waals surface area contributed by atoms with E-state index in [1.807, 2.05) is 0 Å². The third kappa shape index (κ3) is 3.41. The third-order valence-corrected chi connectivity index (χ3v) is 5.33. The number of hydrogen-bond acceptors (Lipinski definition) is 4. The summed E-state index contributed by atoms with van der Waals surface area (Å²) in [6, 6.07) is 7.97. The van der Waals surface area contributed by atoms with Gasteiger partial charge in [-0.15, -0.1) is 0 Å². The predicted molar refractivity (Wildman–Crippen MR) is 92.9 cm³/mol. The van der Waals surface area contributed by atoms with E-state index < -0.39 is 33.0 Å². The minimum absolute atomic E-state index is 0.0636. The molecule has 1 aromatic heterocycles. The van der Waals surface area contributed by atoms with Crippen molar-refractivity contribution >= 4 is 25.8 Å². The van der Waals surface area contributed by atoms with E-state index in [2.05, 4.69) is 21.1 Å². The van der Waals surface area contributed by atoms with Crippen molar-refractivity contribution in [1.29, 1.82) is 0 Å². The fourth-order valence-electron chi connectivity index (χ4n) is 2.50. The Hall–Kier alpha value is -2.13. The number of sulfone groups is 1. The van der Waals surface area contributed by atoms with Crippen LogP contribution in [0.25, 0.3) is 22.4 Å². The molecule has 0 saturated heterocycles. The SMILES string of the molecule is CS(=O)(=O)c1cc(F)c(-c2c(-c3ccc(Br)cc3)noc2CF)cc1F. The molecule has 0 N–H and O–H groups in total. The van der Waals surface area contributed by atoms with Crippen LogP contribution < -0.4 is 0 Å². The lowest BCUT2D eigenvalue weighted by molar-refractivity contribution is 0.332. The summed E-state index contributed by atoms with van der Waals surface area (Å²) in [5.74, 6) is -2.45. The van der Waals surface area contributed by atoms with Crippen molar-refractivity contribution in [2.24, 2.45) is 0 Å². The summed E-state index contributed by atoms with van der Waals surface area (Å²) in [4.78, 5) is -0.776. The molecule has 0 saturated carbocycles. The molecule has 0 aliphatic heterocycles. The summed E-state index contributed by atoms with van der Waals surface area (Å²) in [6.07, 6.45) is 0.768. The van der Waals surface area contributed by atoms with E-state index >= 15 is 0 Å². The Morgan fingerprint density at radius 1 is 1.12 bits per heavy atom. The molecular formula is C17H11BrF3NO3S. The second-order valence-corrected chi connectivity index (χ2v) is 8.40. The van der Waals surface area contributed by atoms with E-state index in [9.17, 15) is 21.6 Å². The molecule has 0 spiro atoms. The normalized spacial score (nSPS) is 11.7. The number of nitrogens with zero attached hydrogens (tertiary/aromatic N) is 1. The molecule has 0 radical (unpaired) electrons. The zero-order valence-corrected chi connectivity index (χ0v) is 15.7. The van der Waals surface area contributed by atoms with Gasteiger partial charge in [0, 0.05) is 21.9 Å². The van der Waals surface area contributed by atoms with Crippen LogP contribution in [0.1, 0.15) is 5.76 Å². The highest BCUT2D eigenvalue weighted by Crippen LogP contribution is 2.38. The van der Waals surface area contributed by atoms with E-state index in [1.54, 1.807) is 24.3 Å². The molecular weight excluding hydrogens is 435 g/mol. The first-order valence-corrected chi connectivity index (χ1v) is 9.90. The van der Waals surface area contributed by atoms with Crippen LogP contribution in [0.3, 0.4) is 0 Å². The lowest BCUT2D eigenvalue weighted by atomic mass is 9.99. The van der Waals surface area contributed by atoms with Gasteiger partial charge in [-0.2, -0.15) is 0 Å². The fourth-order valence-corrected chi connectivity index (χ4v) is 3.50. The molecule has 0 bridgehead atoms. The fraction of sp³-hybridized carbons (Fsp3) is 0.118. The Kier molecular flexibility index (Phi) is 4.94. The van der Waals surface area contributed by atoms with Crippen LogP contribution in [0, 0.1) is 11.6 Å². The second-order valence-electron chi connectivity index (χ2n) is 5.50. The highest BCUT2D eigenvalue weighted by atomic mass is 79.9. The molecule has 4 nitrogen and oxygen atoms in total. The molecule has 3 aromatic rings. The van der Waals surface area contributed by atoms with Gasteiger partial charge in [0.25, 0.3) is 0 Å². The number of aromatic nitrogens is 1. The van der Waals surface area contributed by atoms with Gasteiger partial charge in [-0.1, -0.05) is 33.2 Å². The third-order valence-electron chi connectivity index (χ3n) is 3.69. The minimum atomic E-state index is -3.96. The highest BCUT2D eigenvalue weighted by Gasteiger charge is 2.25. The molecule has 0 amide bonds. The van der Waals surface area contributed by atoms with Gasteiger partial charge in [0.15, 0.2) is 22.3 Å². The van der Waals surface area contributed by atoms with Crippen LogP contribution in [0.2, 0.25) is 0 Å². The molecule has 2 aromatic carbocycles. The van der Waals surface area contributed by atoms with E-state index in [1.165, 1.54) is 0 Å². The van der Waals surface area contributed by atoms with Crippen LogP contribution >= 0.6 is 15.9 Å². The first-order valence-electron chi connectivity index (χ1n) is 7.22. The van der Waals surface area contributed by atoms with Gasteiger partial charge >= 0.3 is 0 Å². The van der Waals surface area contributed by atoms with Crippen LogP contribution in [0.5, 0.6) is 0 Å². The van der Waals surface area contributed by atoms with Crippen molar-refractivity contribution in [2.75, 3.05) is 6.26 Å². The Morgan fingerprint density at radius 3 is 2.35 bits per heavy atom. The standard InChI is InChI=1S/C17H11BrF3NO3S/c1-26(23,24)15-7-12(20)11(6-13(15)21)16-14(8-19)25-22-17(16)9-2-4-10(18)5-3-9/h2-7H,8H2,1H3. The summed E-state index contributed by atoms with van der Waals surface area (Å²) in [5, 5.41) is 3.77. The van der Waals surface area contributed by atoms with E-state index in [4.69, 9.17) is 4.52 Å². The maximum absolute atomic E-state index is 14.6. The average Bonchev–Trinajstić information content (AvgIpc) is 3.00. The average molecular weight is 446 g/mol. The zero-order chi connectivity index (χ0) is 19.1. The smallest absolute Gasteiger partial charge is 0.178 e. The monoisotopic (exact) mass is 445 g/mol. The molecule has 0 aliphatic rings. The van der Waals surface area contributed by atoms with Crippen molar-refractivity contribution in [3.05, 3.63) is 58.3 Å². The topological polar surface area (TPSA) is 60.2 Å². The maximum atomic E-state index is 14.6. The summed E-state index contributed by atoms with van der Waals surface area (Å²) in [5.41, 5.74) is 0.224. The summed E-state index contributed by atoms with van der Waals surface area (Å²) >= 11 is 3.28. The van der Waals surface area contributed by atoms with Crippen molar-refractivity contribution in [3.8, 4) is 22.4 Å². The Morgan fingerprint density at radius 2 is 1.77 bits per heavy atom. The maximum Gasteiger partial charge on any atom is 0.178 e. The van der Waals surface area contributed by atoms with Crippen molar-refractivity contribution in [3.63, 3.8) is 0 Å². The largest absolute Gasteiger partial charge is 0.357 e. The lowest BCUT2D eigenvalue weighted by Gasteiger charge is -2.08. The van der Waals surface area contributed by atoms with Gasteiger partial charge in [0.2, 0.25) is 0 Å². The van der Waals surface area contributed by atoms with Crippen LogP contribution in [-0.2, 0) is 16.5 Å². The van der Waals surface area contributed by atoms with Crippen LogP contribution in [0.15, 0.2) is 50.3 Å². The summed E-state index contributed by atoms with van der Waals surface area (Å²) in [7, 11) is -3.96. The van der Waals surface area contributed by atoms with Gasteiger partial charge in [0.05, 0.1) is 5.56 Å². The molecule has 0 unspecified atom stereocenters. The van der Waals surface area contributed by atoms with Crippen LogP contribution in [-0.4, -0.2) is 19.8 Å². The first-order chi connectivity index (χ1) is 12.2. The van der Waals surface area contributed by atoms with Crippen LogP contribution in [0.4, 0.5) is 13.2 Å². The Labute approximate surface area is 155 Å².